The number of esters is 1. The van der Waals surface area contributed by atoms with Crippen molar-refractivity contribution in [3.05, 3.63) is 71.4 Å². The molecule has 0 unspecified atom stereocenters. The van der Waals surface area contributed by atoms with Gasteiger partial charge in [-0.1, -0.05) is 43.2 Å². The lowest BCUT2D eigenvalue weighted by Gasteiger charge is -2.13. The number of carbonyl (C=O) groups excluding carboxylic acids is 3. The minimum Gasteiger partial charge on any atom is -0.466 e. The molecule has 4 rings (SSSR count). The topological polar surface area (TPSA) is 68.6 Å². The zero-order valence-corrected chi connectivity index (χ0v) is 18.4. The van der Waals surface area contributed by atoms with Crippen molar-refractivity contribution < 1.29 is 19.1 Å². The van der Waals surface area contributed by atoms with Gasteiger partial charge in [-0.05, 0) is 43.5 Å². The number of para-hydroxylation sites is 1. The van der Waals surface area contributed by atoms with E-state index < -0.39 is 0 Å². The number of imide groups is 1. The summed E-state index contributed by atoms with van der Waals surface area (Å²) in [6.45, 7) is 3.52. The Morgan fingerprint density at radius 1 is 0.844 bits per heavy atom. The summed E-state index contributed by atoms with van der Waals surface area (Å²) in [5, 5.41) is 1.09. The van der Waals surface area contributed by atoms with Crippen LogP contribution in [0.5, 0.6) is 0 Å². The molecule has 0 atom stereocenters. The fourth-order valence-electron chi connectivity index (χ4n) is 4.36. The Kier molecular flexibility index (Phi) is 6.69. The number of benzene rings is 2. The Balaban J connectivity index is 1.27. The smallest absolute Gasteiger partial charge is 0.310 e. The highest BCUT2D eigenvalue weighted by molar-refractivity contribution is 6.21. The lowest BCUT2D eigenvalue weighted by molar-refractivity contribution is -0.142. The van der Waals surface area contributed by atoms with Crippen LogP contribution in [0.3, 0.4) is 0 Å². The van der Waals surface area contributed by atoms with E-state index >= 15 is 0 Å². The molecule has 0 aliphatic carbocycles. The molecule has 0 spiro atoms. The number of nitrogens with zero attached hydrogens (tertiary/aromatic N) is 2. The van der Waals surface area contributed by atoms with Gasteiger partial charge in [-0.15, -0.1) is 0 Å². The first-order valence-corrected chi connectivity index (χ1v) is 11.3. The van der Waals surface area contributed by atoms with Crippen LogP contribution in [0.4, 0.5) is 0 Å². The van der Waals surface area contributed by atoms with Crippen LogP contribution in [0.2, 0.25) is 0 Å². The van der Waals surface area contributed by atoms with Crippen molar-refractivity contribution in [1.82, 2.24) is 9.47 Å². The van der Waals surface area contributed by atoms with Crippen molar-refractivity contribution in [3.63, 3.8) is 0 Å². The summed E-state index contributed by atoms with van der Waals surface area (Å²) in [4.78, 5) is 38.2. The fourth-order valence-corrected chi connectivity index (χ4v) is 4.36. The van der Waals surface area contributed by atoms with Crippen molar-refractivity contribution >= 4 is 28.7 Å². The van der Waals surface area contributed by atoms with Gasteiger partial charge in [0.25, 0.3) is 11.8 Å². The first-order chi connectivity index (χ1) is 15.6. The van der Waals surface area contributed by atoms with Gasteiger partial charge in [0.1, 0.15) is 0 Å². The summed E-state index contributed by atoms with van der Waals surface area (Å²) < 4.78 is 7.31. The third-order valence-electron chi connectivity index (χ3n) is 5.92. The lowest BCUT2D eigenvalue weighted by Crippen LogP contribution is -2.30. The number of hydrogen-bond donors (Lipinski definition) is 0. The van der Waals surface area contributed by atoms with Gasteiger partial charge < -0.3 is 9.30 Å². The van der Waals surface area contributed by atoms with E-state index in [0.29, 0.717) is 24.3 Å². The van der Waals surface area contributed by atoms with E-state index in [1.165, 1.54) is 4.90 Å². The lowest BCUT2D eigenvalue weighted by atomic mass is 10.1. The van der Waals surface area contributed by atoms with Crippen molar-refractivity contribution in [2.24, 2.45) is 0 Å². The third kappa shape index (κ3) is 4.44. The molecule has 6 heteroatoms. The number of hydrogen-bond acceptors (Lipinski definition) is 4. The molecule has 1 aliphatic rings. The molecule has 6 nitrogen and oxygen atoms in total. The Bertz CT molecular complexity index is 1110. The molecule has 2 amide bonds. The largest absolute Gasteiger partial charge is 0.466 e. The maximum atomic E-state index is 12.4. The average molecular weight is 433 g/mol. The predicted molar refractivity (Wildman–Crippen MR) is 123 cm³/mol. The van der Waals surface area contributed by atoms with Crippen LogP contribution >= 0.6 is 0 Å². The minimum atomic E-state index is -0.205. The molecule has 0 saturated carbocycles. The van der Waals surface area contributed by atoms with E-state index in [9.17, 15) is 14.4 Å². The number of amides is 2. The monoisotopic (exact) mass is 432 g/mol. The van der Waals surface area contributed by atoms with Crippen LogP contribution in [0.15, 0.2) is 54.7 Å². The minimum absolute atomic E-state index is 0.182. The Morgan fingerprint density at radius 3 is 2.16 bits per heavy atom. The maximum absolute atomic E-state index is 12.4. The number of fused-ring (bicyclic) bond motifs is 2. The van der Waals surface area contributed by atoms with Gasteiger partial charge in [-0.2, -0.15) is 0 Å². The third-order valence-corrected chi connectivity index (χ3v) is 5.92. The number of carbonyl (C=O) groups is 3. The van der Waals surface area contributed by atoms with Crippen molar-refractivity contribution in [1.29, 1.82) is 0 Å². The highest BCUT2D eigenvalue weighted by atomic mass is 16.5. The first kappa shape index (κ1) is 21.8. The van der Waals surface area contributed by atoms with E-state index in [4.69, 9.17) is 4.74 Å². The van der Waals surface area contributed by atoms with Gasteiger partial charge in [0.2, 0.25) is 0 Å². The average Bonchev–Trinajstić information content (AvgIpc) is 3.26. The van der Waals surface area contributed by atoms with Crippen LogP contribution in [0.25, 0.3) is 10.9 Å². The molecule has 1 aromatic heterocycles. The molecule has 2 aromatic carbocycles. The number of ether oxygens (including phenoxy) is 1. The summed E-state index contributed by atoms with van der Waals surface area (Å²) in [5.41, 5.74) is 3.13. The Labute approximate surface area is 187 Å². The van der Waals surface area contributed by atoms with E-state index in [-0.39, 0.29) is 24.2 Å². The summed E-state index contributed by atoms with van der Waals surface area (Å²) in [5.74, 6) is -0.569. The van der Waals surface area contributed by atoms with Crippen LogP contribution in [0.1, 0.15) is 58.9 Å². The second-order valence-electron chi connectivity index (χ2n) is 8.07. The van der Waals surface area contributed by atoms with Gasteiger partial charge in [0.15, 0.2) is 0 Å². The van der Waals surface area contributed by atoms with Gasteiger partial charge in [-0.25, -0.2) is 0 Å². The quantitative estimate of drug-likeness (QED) is 0.267. The zero-order chi connectivity index (χ0) is 22.5. The van der Waals surface area contributed by atoms with Crippen molar-refractivity contribution in [2.75, 3.05) is 13.2 Å². The molecule has 0 radical (unpaired) electrons. The molecule has 166 valence electrons. The molecule has 0 saturated heterocycles. The molecule has 2 heterocycles. The van der Waals surface area contributed by atoms with Gasteiger partial charge in [0.05, 0.1) is 24.2 Å². The molecular formula is C26H28N2O4. The molecule has 3 aromatic rings. The summed E-state index contributed by atoms with van der Waals surface area (Å²) >= 11 is 0. The standard InChI is InChI=1S/C26H28N2O4/c1-2-32-24(29)17-19-18-27(23-14-8-7-11-20(19)23)15-9-3-4-10-16-28-25(30)21-12-5-6-13-22(21)26(28)31/h5-8,11-14,18H,2-4,9-10,15-17H2,1H3. The fraction of sp³-hybridized carbons (Fsp3) is 0.346. The van der Waals surface area contributed by atoms with Crippen molar-refractivity contribution in [2.45, 2.75) is 45.6 Å². The van der Waals surface area contributed by atoms with Gasteiger partial charge in [-0.3, -0.25) is 19.3 Å². The number of aryl methyl sites for hydroxylation is 1. The summed E-state index contributed by atoms with van der Waals surface area (Å²) in [7, 11) is 0. The zero-order valence-electron chi connectivity index (χ0n) is 18.4. The van der Waals surface area contributed by atoms with Crippen LogP contribution in [0, 0.1) is 0 Å². The molecule has 32 heavy (non-hydrogen) atoms. The van der Waals surface area contributed by atoms with E-state index in [0.717, 1.165) is 48.7 Å². The second kappa shape index (κ2) is 9.81. The maximum Gasteiger partial charge on any atom is 0.310 e. The van der Waals surface area contributed by atoms with E-state index in [2.05, 4.69) is 16.8 Å². The second-order valence-corrected chi connectivity index (χ2v) is 8.07. The first-order valence-electron chi connectivity index (χ1n) is 11.3. The highest BCUT2D eigenvalue weighted by Gasteiger charge is 2.34. The predicted octanol–water partition coefficient (Wildman–Crippen LogP) is 4.60. The Morgan fingerprint density at radius 2 is 1.47 bits per heavy atom. The van der Waals surface area contributed by atoms with Crippen LogP contribution in [-0.4, -0.2) is 40.4 Å². The number of aromatic nitrogens is 1. The SMILES string of the molecule is CCOC(=O)Cc1cn(CCCCCCN2C(=O)c3ccccc3C2=O)c2ccccc12. The summed E-state index contributed by atoms with van der Waals surface area (Å²) in [6.07, 6.45) is 6.07. The normalized spacial score (nSPS) is 13.1. The van der Waals surface area contributed by atoms with Gasteiger partial charge >= 0.3 is 5.97 Å². The highest BCUT2D eigenvalue weighted by Crippen LogP contribution is 2.24. The molecule has 0 bridgehead atoms. The molecule has 0 N–H and O–H groups in total. The van der Waals surface area contributed by atoms with E-state index in [1.54, 1.807) is 24.3 Å². The van der Waals surface area contributed by atoms with Crippen molar-refractivity contribution in [3.8, 4) is 0 Å². The Hall–Kier alpha value is -3.41. The van der Waals surface area contributed by atoms with Crippen LogP contribution < -0.4 is 0 Å². The summed E-state index contributed by atoms with van der Waals surface area (Å²) in [6, 6.07) is 15.1. The molecule has 0 fully saturated rings. The number of rotatable bonds is 10. The van der Waals surface area contributed by atoms with Crippen LogP contribution in [-0.2, 0) is 22.5 Å². The number of unbranched alkanes of at least 4 members (excludes halogenated alkanes) is 3. The molecular weight excluding hydrogens is 404 g/mol. The van der Waals surface area contributed by atoms with E-state index in [1.807, 2.05) is 25.1 Å². The van der Waals surface area contributed by atoms with Gasteiger partial charge in [0, 0.05) is 30.2 Å². The molecule has 1 aliphatic heterocycles.